The number of nitrogens with zero attached hydrogens (tertiary/aromatic N) is 3. The summed E-state index contributed by atoms with van der Waals surface area (Å²) in [5.41, 5.74) is 0.771. The van der Waals surface area contributed by atoms with Gasteiger partial charge in [0.15, 0.2) is 0 Å². The lowest BCUT2D eigenvalue weighted by Gasteiger charge is -2.31. The molecule has 1 fully saturated rings. The molecule has 1 saturated heterocycles. The van der Waals surface area contributed by atoms with Crippen molar-refractivity contribution in [3.8, 4) is 17.0 Å². The molecule has 24 heavy (non-hydrogen) atoms. The fraction of sp³-hybridized carbons (Fsp3) is 0.412. The molecule has 0 bridgehead atoms. The molecule has 2 aromatic rings. The third kappa shape index (κ3) is 4.19. The molecule has 2 aromatic heterocycles. The van der Waals surface area contributed by atoms with Gasteiger partial charge in [-0.3, -0.25) is 4.98 Å². The molecule has 0 amide bonds. The highest BCUT2D eigenvalue weighted by Gasteiger charge is 2.20. The number of piperidine rings is 1. The third-order valence-electron chi connectivity index (χ3n) is 4.07. The summed E-state index contributed by atoms with van der Waals surface area (Å²) in [7, 11) is 0. The van der Waals surface area contributed by atoms with Gasteiger partial charge in [-0.15, -0.1) is 0 Å². The van der Waals surface area contributed by atoms with Crippen LogP contribution in [0.1, 0.15) is 12.8 Å². The van der Waals surface area contributed by atoms with Gasteiger partial charge in [-0.05, 0) is 25.0 Å². The van der Waals surface area contributed by atoms with Crippen molar-refractivity contribution < 1.29 is 13.5 Å². The van der Waals surface area contributed by atoms with E-state index in [-0.39, 0.29) is 17.9 Å². The highest BCUT2D eigenvalue weighted by molar-refractivity contribution is 6.29. The Bertz CT molecular complexity index is 676. The van der Waals surface area contributed by atoms with Gasteiger partial charge in [-0.25, -0.2) is 13.8 Å². The fourth-order valence-corrected chi connectivity index (χ4v) is 2.91. The first-order chi connectivity index (χ1) is 11.7. The van der Waals surface area contributed by atoms with Crippen LogP contribution in [-0.2, 0) is 0 Å². The number of aromatic nitrogens is 2. The number of alkyl halides is 1. The molecule has 1 aliphatic rings. The number of hydrogen-bond donors (Lipinski definition) is 0. The van der Waals surface area contributed by atoms with E-state index >= 15 is 0 Å². The van der Waals surface area contributed by atoms with E-state index in [2.05, 4.69) is 14.9 Å². The van der Waals surface area contributed by atoms with Crippen LogP contribution in [0.5, 0.6) is 5.75 Å². The summed E-state index contributed by atoms with van der Waals surface area (Å²) < 4.78 is 32.1. The molecule has 0 radical (unpaired) electrons. The van der Waals surface area contributed by atoms with Crippen LogP contribution in [0.15, 0.2) is 30.6 Å². The Hall–Kier alpha value is -1.79. The Morgan fingerprint density at radius 2 is 2.00 bits per heavy atom. The predicted octanol–water partition coefficient (Wildman–Crippen LogP) is 3.75. The van der Waals surface area contributed by atoms with Gasteiger partial charge in [0.25, 0.3) is 0 Å². The maximum Gasteiger partial charge on any atom is 0.138 e. The monoisotopic (exact) mass is 353 g/mol. The van der Waals surface area contributed by atoms with Crippen LogP contribution in [0.3, 0.4) is 0 Å². The van der Waals surface area contributed by atoms with Crippen LogP contribution < -0.4 is 4.74 Å². The van der Waals surface area contributed by atoms with Gasteiger partial charge in [0.1, 0.15) is 29.5 Å². The van der Waals surface area contributed by atoms with E-state index in [4.69, 9.17) is 16.3 Å². The zero-order valence-electron chi connectivity index (χ0n) is 13.1. The van der Waals surface area contributed by atoms with Crippen molar-refractivity contribution in [3.05, 3.63) is 41.6 Å². The van der Waals surface area contributed by atoms with Crippen LogP contribution in [0.2, 0.25) is 5.15 Å². The van der Waals surface area contributed by atoms with E-state index < -0.39 is 5.82 Å². The predicted molar refractivity (Wildman–Crippen MR) is 88.5 cm³/mol. The first kappa shape index (κ1) is 17.0. The van der Waals surface area contributed by atoms with Crippen molar-refractivity contribution in [2.24, 2.45) is 0 Å². The maximum atomic E-state index is 13.9. The largest absolute Gasteiger partial charge is 0.489 e. The van der Waals surface area contributed by atoms with E-state index in [1.807, 2.05) is 0 Å². The number of hydrogen-bond acceptors (Lipinski definition) is 4. The fourth-order valence-electron chi connectivity index (χ4n) is 2.77. The minimum Gasteiger partial charge on any atom is -0.489 e. The minimum atomic E-state index is -0.462. The molecule has 1 aliphatic heterocycles. The molecule has 128 valence electrons. The second-order valence-corrected chi connectivity index (χ2v) is 6.10. The molecule has 0 spiro atoms. The Balaban J connectivity index is 1.61. The molecule has 0 aromatic carbocycles. The normalized spacial score (nSPS) is 16.3. The molecule has 0 unspecified atom stereocenters. The van der Waals surface area contributed by atoms with Gasteiger partial charge in [-0.1, -0.05) is 11.6 Å². The Morgan fingerprint density at radius 1 is 1.21 bits per heavy atom. The summed E-state index contributed by atoms with van der Waals surface area (Å²) in [4.78, 5) is 10.2. The molecule has 7 heteroatoms. The lowest BCUT2D eigenvalue weighted by Crippen LogP contribution is -2.39. The van der Waals surface area contributed by atoms with E-state index in [1.54, 1.807) is 18.3 Å². The van der Waals surface area contributed by atoms with Gasteiger partial charge in [-0.2, -0.15) is 0 Å². The van der Waals surface area contributed by atoms with Crippen molar-refractivity contribution >= 4 is 11.6 Å². The Morgan fingerprint density at radius 3 is 2.62 bits per heavy atom. The van der Waals surface area contributed by atoms with E-state index in [1.165, 1.54) is 6.20 Å². The summed E-state index contributed by atoms with van der Waals surface area (Å²) in [6, 6.07) is 4.63. The summed E-state index contributed by atoms with van der Waals surface area (Å²) in [5.74, 6) is 0.182. The van der Waals surface area contributed by atoms with Crippen molar-refractivity contribution in [1.82, 2.24) is 14.9 Å². The second-order valence-electron chi connectivity index (χ2n) is 5.71. The zero-order chi connectivity index (χ0) is 16.9. The second kappa shape index (κ2) is 7.85. The number of likely N-dealkylation sites (tertiary alicyclic amines) is 1. The quantitative estimate of drug-likeness (QED) is 0.767. The summed E-state index contributed by atoms with van der Waals surface area (Å²) in [6.45, 7) is 1.85. The molecule has 0 aliphatic carbocycles. The van der Waals surface area contributed by atoms with Gasteiger partial charge in [0.2, 0.25) is 0 Å². The molecule has 0 atom stereocenters. The van der Waals surface area contributed by atoms with Crippen molar-refractivity contribution in [1.29, 1.82) is 0 Å². The summed E-state index contributed by atoms with van der Waals surface area (Å²) in [6.07, 6.45) is 4.76. The van der Waals surface area contributed by atoms with Gasteiger partial charge >= 0.3 is 0 Å². The van der Waals surface area contributed by atoms with Crippen molar-refractivity contribution in [2.75, 3.05) is 26.3 Å². The number of pyridine rings is 2. The molecular formula is C17H18ClF2N3O. The smallest absolute Gasteiger partial charge is 0.138 e. The van der Waals surface area contributed by atoms with Crippen molar-refractivity contribution in [3.63, 3.8) is 0 Å². The first-order valence-electron chi connectivity index (χ1n) is 7.88. The van der Waals surface area contributed by atoms with Crippen LogP contribution in [0.4, 0.5) is 8.78 Å². The van der Waals surface area contributed by atoms with Crippen LogP contribution in [-0.4, -0.2) is 47.3 Å². The maximum absolute atomic E-state index is 13.9. The van der Waals surface area contributed by atoms with Crippen LogP contribution in [0.25, 0.3) is 11.3 Å². The average Bonchev–Trinajstić information content (AvgIpc) is 2.58. The molecular weight excluding hydrogens is 336 g/mol. The first-order valence-corrected chi connectivity index (χ1v) is 8.26. The van der Waals surface area contributed by atoms with E-state index in [9.17, 15) is 8.78 Å². The highest BCUT2D eigenvalue weighted by atomic mass is 35.5. The van der Waals surface area contributed by atoms with Crippen molar-refractivity contribution in [2.45, 2.75) is 18.9 Å². The Labute approximate surface area is 144 Å². The topological polar surface area (TPSA) is 38.2 Å². The lowest BCUT2D eigenvalue weighted by atomic mass is 10.1. The molecule has 0 N–H and O–H groups in total. The Kier molecular flexibility index (Phi) is 5.58. The third-order valence-corrected chi connectivity index (χ3v) is 4.28. The van der Waals surface area contributed by atoms with Crippen LogP contribution >= 0.6 is 11.6 Å². The highest BCUT2D eigenvalue weighted by Crippen LogP contribution is 2.24. The summed E-state index contributed by atoms with van der Waals surface area (Å²) >= 11 is 5.65. The van der Waals surface area contributed by atoms with E-state index in [0.717, 1.165) is 32.0 Å². The minimum absolute atomic E-state index is 0.0995. The summed E-state index contributed by atoms with van der Waals surface area (Å²) in [5, 5.41) is 0.107. The molecule has 0 saturated carbocycles. The van der Waals surface area contributed by atoms with E-state index in [0.29, 0.717) is 23.6 Å². The van der Waals surface area contributed by atoms with Crippen LogP contribution in [0, 0.1) is 5.82 Å². The molecule has 3 heterocycles. The van der Waals surface area contributed by atoms with Gasteiger partial charge in [0, 0.05) is 31.9 Å². The van der Waals surface area contributed by atoms with Gasteiger partial charge in [0.05, 0.1) is 17.5 Å². The standard InChI is InChI=1S/C17H18ClF2N3O/c18-17-9-15(20)14(11-22-17)16-2-1-13(10-21-16)24-12-3-6-23(7-4-12)8-5-19/h1-2,9-12H,3-8H2. The number of ether oxygens (including phenoxy) is 1. The SMILES string of the molecule is FCCN1CCC(Oc2ccc(-c3cnc(Cl)cc3F)nc2)CC1. The average molecular weight is 354 g/mol. The molecule has 3 rings (SSSR count). The lowest BCUT2D eigenvalue weighted by molar-refractivity contribution is 0.0966. The van der Waals surface area contributed by atoms with Gasteiger partial charge < -0.3 is 9.64 Å². The number of rotatable bonds is 5. The molecule has 4 nitrogen and oxygen atoms in total. The number of halogens is 3. The zero-order valence-corrected chi connectivity index (χ0v) is 13.8.